The summed E-state index contributed by atoms with van der Waals surface area (Å²) >= 11 is 0. The maximum Gasteiger partial charge on any atom is 0.258 e. The van der Waals surface area contributed by atoms with Crippen LogP contribution in [0.2, 0.25) is 0 Å². The maximum absolute atomic E-state index is 13.9. The van der Waals surface area contributed by atoms with Crippen molar-refractivity contribution >= 4 is 23.2 Å². The molecule has 4 aromatic rings. The Labute approximate surface area is 235 Å². The predicted octanol–water partition coefficient (Wildman–Crippen LogP) is 5.77. The molecule has 2 amide bonds. The summed E-state index contributed by atoms with van der Waals surface area (Å²) in [7, 11) is 4.27. The third-order valence-corrected chi connectivity index (χ3v) is 8.18. The Kier molecular flexibility index (Phi) is 7.20. The number of carbonyl (C=O) groups excluding carboxylic acids is 2. The van der Waals surface area contributed by atoms with Gasteiger partial charge in [-0.2, -0.15) is 0 Å². The minimum atomic E-state index is -0.184. The van der Waals surface area contributed by atoms with Crippen LogP contribution in [0.3, 0.4) is 0 Å². The van der Waals surface area contributed by atoms with E-state index in [1.807, 2.05) is 89.8 Å². The van der Waals surface area contributed by atoms with E-state index < -0.39 is 0 Å². The first kappa shape index (κ1) is 26.0. The third kappa shape index (κ3) is 5.16. The molecule has 0 aliphatic carbocycles. The van der Waals surface area contributed by atoms with E-state index in [1.165, 1.54) is 5.56 Å². The van der Waals surface area contributed by atoms with E-state index in [2.05, 4.69) is 47.4 Å². The molecular weight excluding hydrogens is 496 g/mol. The van der Waals surface area contributed by atoms with Crippen molar-refractivity contribution in [3.63, 3.8) is 0 Å². The molecule has 2 aliphatic rings. The molecule has 2 heterocycles. The molecule has 0 saturated carbocycles. The number of hydrogen-bond donors (Lipinski definition) is 1. The van der Waals surface area contributed by atoms with Crippen LogP contribution in [0.15, 0.2) is 103 Å². The molecule has 6 heteroatoms. The Morgan fingerprint density at radius 2 is 1.50 bits per heavy atom. The minimum Gasteiger partial charge on any atom is -0.322 e. The number of rotatable bonds is 5. The largest absolute Gasteiger partial charge is 0.322 e. The first-order valence-corrected chi connectivity index (χ1v) is 13.8. The molecule has 0 aromatic heterocycles. The minimum absolute atomic E-state index is 0.0186. The van der Waals surface area contributed by atoms with Gasteiger partial charge in [-0.1, -0.05) is 66.7 Å². The van der Waals surface area contributed by atoms with Crippen molar-refractivity contribution in [2.24, 2.45) is 0 Å². The second kappa shape index (κ2) is 11.1. The molecular formula is C34H34N4O2. The number of carbonyl (C=O) groups is 2. The fourth-order valence-electron chi connectivity index (χ4n) is 5.94. The number of nitrogens with one attached hydrogen (secondary N) is 1. The first-order chi connectivity index (χ1) is 19.5. The monoisotopic (exact) mass is 530 g/mol. The summed E-state index contributed by atoms with van der Waals surface area (Å²) in [5.74, 6) is -0.202. The number of fused-ring (bicyclic) bond motifs is 2. The Bertz CT molecular complexity index is 1520. The van der Waals surface area contributed by atoms with Gasteiger partial charge in [-0.05, 0) is 73.6 Å². The number of benzene rings is 4. The second-order valence-electron chi connectivity index (χ2n) is 10.9. The van der Waals surface area contributed by atoms with Crippen molar-refractivity contribution in [1.29, 1.82) is 0 Å². The van der Waals surface area contributed by atoms with Gasteiger partial charge in [0.1, 0.15) is 0 Å². The van der Waals surface area contributed by atoms with E-state index in [0.717, 1.165) is 36.3 Å². The smallest absolute Gasteiger partial charge is 0.258 e. The van der Waals surface area contributed by atoms with Crippen molar-refractivity contribution in [3.05, 3.63) is 120 Å². The van der Waals surface area contributed by atoms with Crippen molar-refractivity contribution in [3.8, 4) is 11.1 Å². The summed E-state index contributed by atoms with van der Waals surface area (Å²) in [5.41, 5.74) is 5.89. The lowest BCUT2D eigenvalue weighted by Gasteiger charge is -2.26. The van der Waals surface area contributed by atoms with E-state index >= 15 is 0 Å². The highest BCUT2D eigenvalue weighted by Crippen LogP contribution is 2.33. The summed E-state index contributed by atoms with van der Waals surface area (Å²) in [5, 5.41) is 3.01. The highest BCUT2D eigenvalue weighted by atomic mass is 16.2. The lowest BCUT2D eigenvalue weighted by molar-refractivity contribution is 0.0980. The molecule has 1 fully saturated rings. The average molecular weight is 531 g/mol. The van der Waals surface area contributed by atoms with Crippen molar-refractivity contribution in [1.82, 2.24) is 9.80 Å². The number of anilines is 2. The van der Waals surface area contributed by atoms with Crippen molar-refractivity contribution in [2.45, 2.75) is 25.0 Å². The molecule has 2 atom stereocenters. The number of likely N-dealkylation sites (N-methyl/N-ethyl adjacent to an activating group) is 1. The highest BCUT2D eigenvalue weighted by molar-refractivity contribution is 6.10. The molecule has 0 bridgehead atoms. The number of hydrogen-bond acceptors (Lipinski definition) is 4. The van der Waals surface area contributed by atoms with Crippen molar-refractivity contribution < 1.29 is 9.59 Å². The summed E-state index contributed by atoms with van der Waals surface area (Å²) in [6, 6.07) is 33.8. The van der Waals surface area contributed by atoms with Gasteiger partial charge < -0.3 is 15.1 Å². The molecule has 1 saturated heterocycles. The van der Waals surface area contributed by atoms with Gasteiger partial charge in [0.2, 0.25) is 0 Å². The Morgan fingerprint density at radius 3 is 2.27 bits per heavy atom. The fourth-order valence-corrected chi connectivity index (χ4v) is 5.94. The van der Waals surface area contributed by atoms with Gasteiger partial charge in [-0.15, -0.1) is 0 Å². The van der Waals surface area contributed by atoms with Gasteiger partial charge >= 0.3 is 0 Å². The predicted molar refractivity (Wildman–Crippen MR) is 161 cm³/mol. The SMILES string of the molecule is CN(C)C1CC2CN(C(=O)c3ccc(NC(=O)c4ccccc4-c4ccccc4)cc3)c3ccccc3CN2C1. The van der Waals surface area contributed by atoms with Crippen LogP contribution in [0.5, 0.6) is 0 Å². The summed E-state index contributed by atoms with van der Waals surface area (Å²) in [6.45, 7) is 2.52. The van der Waals surface area contributed by atoms with Crippen LogP contribution in [-0.2, 0) is 6.54 Å². The van der Waals surface area contributed by atoms with Crippen LogP contribution < -0.4 is 10.2 Å². The lowest BCUT2D eigenvalue weighted by Crippen LogP contribution is -2.40. The van der Waals surface area contributed by atoms with Crippen molar-refractivity contribution in [2.75, 3.05) is 37.4 Å². The van der Waals surface area contributed by atoms with Gasteiger partial charge in [0.05, 0.1) is 0 Å². The summed E-state index contributed by atoms with van der Waals surface area (Å²) in [4.78, 5) is 33.9. The van der Waals surface area contributed by atoms with Crippen LogP contribution in [0.1, 0.15) is 32.7 Å². The normalized spacial score (nSPS) is 18.6. The Balaban J connectivity index is 1.21. The van der Waals surface area contributed by atoms with Gasteiger partial charge in [0.15, 0.2) is 0 Å². The van der Waals surface area contributed by atoms with Crippen LogP contribution in [0.4, 0.5) is 11.4 Å². The van der Waals surface area contributed by atoms with Gasteiger partial charge in [-0.25, -0.2) is 0 Å². The Morgan fingerprint density at radius 1 is 0.800 bits per heavy atom. The van der Waals surface area contributed by atoms with E-state index in [1.54, 1.807) is 0 Å². The van der Waals surface area contributed by atoms with E-state index in [0.29, 0.717) is 35.4 Å². The van der Waals surface area contributed by atoms with E-state index in [-0.39, 0.29) is 11.8 Å². The number of para-hydroxylation sites is 1. The molecule has 0 radical (unpaired) electrons. The van der Waals surface area contributed by atoms with E-state index in [9.17, 15) is 9.59 Å². The quantitative estimate of drug-likeness (QED) is 0.356. The zero-order valence-electron chi connectivity index (χ0n) is 23.0. The lowest BCUT2D eigenvalue weighted by atomic mass is 9.99. The van der Waals surface area contributed by atoms with Gasteiger partial charge in [0.25, 0.3) is 11.8 Å². The van der Waals surface area contributed by atoms with Gasteiger partial charge in [0, 0.05) is 54.2 Å². The standard InChI is InChI=1S/C34H34N4O2/c1-36(2)28-20-29-23-38(32-15-9-6-12-26(32)21-37(29)22-28)34(40)25-16-18-27(19-17-25)35-33(39)31-14-8-7-13-30(31)24-10-4-3-5-11-24/h3-19,28-29H,20-23H2,1-2H3,(H,35,39). The first-order valence-electron chi connectivity index (χ1n) is 13.8. The zero-order chi connectivity index (χ0) is 27.6. The number of nitrogens with zero attached hydrogens (tertiary/aromatic N) is 3. The zero-order valence-corrected chi connectivity index (χ0v) is 23.0. The molecule has 0 spiro atoms. The van der Waals surface area contributed by atoms with E-state index in [4.69, 9.17) is 0 Å². The average Bonchev–Trinajstić information content (AvgIpc) is 3.32. The fraction of sp³-hybridized carbons (Fsp3) is 0.235. The summed E-state index contributed by atoms with van der Waals surface area (Å²) < 4.78 is 0. The highest BCUT2D eigenvalue weighted by Gasteiger charge is 2.38. The van der Waals surface area contributed by atoms with Crippen LogP contribution in [-0.4, -0.2) is 60.9 Å². The maximum atomic E-state index is 13.9. The molecule has 40 heavy (non-hydrogen) atoms. The molecule has 1 N–H and O–H groups in total. The van der Waals surface area contributed by atoms with Crippen LogP contribution >= 0.6 is 0 Å². The second-order valence-corrected chi connectivity index (χ2v) is 10.9. The molecule has 6 rings (SSSR count). The van der Waals surface area contributed by atoms with Crippen LogP contribution in [0.25, 0.3) is 11.1 Å². The number of amides is 2. The van der Waals surface area contributed by atoms with Gasteiger partial charge in [-0.3, -0.25) is 14.5 Å². The molecule has 2 unspecified atom stereocenters. The summed E-state index contributed by atoms with van der Waals surface area (Å²) in [6.07, 6.45) is 1.04. The Hall–Kier alpha value is -4.26. The topological polar surface area (TPSA) is 55.9 Å². The van der Waals surface area contributed by atoms with Crippen LogP contribution in [0, 0.1) is 0 Å². The molecule has 202 valence electrons. The molecule has 4 aromatic carbocycles. The molecule has 6 nitrogen and oxygen atoms in total. The third-order valence-electron chi connectivity index (χ3n) is 8.18. The molecule has 2 aliphatic heterocycles.